The van der Waals surface area contributed by atoms with Gasteiger partial charge in [-0.25, -0.2) is 4.79 Å². The number of benzene rings is 2. The molecule has 0 bridgehead atoms. The first-order valence-electron chi connectivity index (χ1n) is 8.12. The van der Waals surface area contributed by atoms with Crippen LogP contribution in [0.1, 0.15) is 24.1 Å². The number of rotatable bonds is 5. The van der Waals surface area contributed by atoms with Crippen LogP contribution >= 0.6 is 0 Å². The maximum Gasteiger partial charge on any atom is 0.324 e. The molecule has 0 spiro atoms. The maximum absolute atomic E-state index is 12.6. The van der Waals surface area contributed by atoms with Crippen LogP contribution in [0.3, 0.4) is 0 Å². The standard InChI is InChI=1S/C19H21N3O2/c1-14(18(23)22-13-12-20-19(22)24)21-17(15-8-4-2-5-9-15)16-10-6-3-7-11-16/h2-11,14,17,21H,12-13H2,1H3,(H,20,24)/t14-/m1/s1. The van der Waals surface area contributed by atoms with Crippen LogP contribution in [0.4, 0.5) is 4.79 Å². The zero-order valence-corrected chi connectivity index (χ0v) is 13.6. The molecule has 1 saturated heterocycles. The molecule has 24 heavy (non-hydrogen) atoms. The van der Waals surface area contributed by atoms with E-state index in [2.05, 4.69) is 10.6 Å². The Kier molecular flexibility index (Phi) is 4.91. The molecule has 124 valence electrons. The summed E-state index contributed by atoms with van der Waals surface area (Å²) in [5, 5.41) is 6.04. The molecule has 0 aromatic heterocycles. The third-order valence-electron chi connectivity index (χ3n) is 4.18. The monoisotopic (exact) mass is 323 g/mol. The molecule has 5 heteroatoms. The Morgan fingerprint density at radius 3 is 2.04 bits per heavy atom. The third-order valence-corrected chi connectivity index (χ3v) is 4.18. The van der Waals surface area contributed by atoms with Crippen LogP contribution in [0.15, 0.2) is 60.7 Å². The van der Waals surface area contributed by atoms with Crippen LogP contribution in [0.2, 0.25) is 0 Å². The van der Waals surface area contributed by atoms with Crippen molar-refractivity contribution < 1.29 is 9.59 Å². The summed E-state index contributed by atoms with van der Waals surface area (Å²) in [6, 6.07) is 19.1. The Hall–Kier alpha value is -2.66. The Morgan fingerprint density at radius 1 is 1.04 bits per heavy atom. The van der Waals surface area contributed by atoms with Crippen LogP contribution in [-0.4, -0.2) is 36.0 Å². The number of imide groups is 1. The van der Waals surface area contributed by atoms with E-state index in [0.29, 0.717) is 13.1 Å². The van der Waals surface area contributed by atoms with Crippen molar-refractivity contribution in [3.05, 3.63) is 71.8 Å². The molecule has 1 aliphatic heterocycles. The molecule has 0 saturated carbocycles. The number of carbonyl (C=O) groups is 2. The van der Waals surface area contributed by atoms with Gasteiger partial charge in [-0.15, -0.1) is 0 Å². The molecular weight excluding hydrogens is 302 g/mol. The lowest BCUT2D eigenvalue weighted by molar-refractivity contribution is -0.129. The highest BCUT2D eigenvalue weighted by Gasteiger charge is 2.31. The van der Waals surface area contributed by atoms with Crippen LogP contribution in [0.5, 0.6) is 0 Å². The van der Waals surface area contributed by atoms with Gasteiger partial charge in [-0.3, -0.25) is 15.0 Å². The fraction of sp³-hybridized carbons (Fsp3) is 0.263. The molecule has 1 atom stereocenters. The van der Waals surface area contributed by atoms with Gasteiger partial charge in [-0.05, 0) is 18.1 Å². The first-order chi connectivity index (χ1) is 11.7. The van der Waals surface area contributed by atoms with Gasteiger partial charge < -0.3 is 5.32 Å². The summed E-state index contributed by atoms with van der Waals surface area (Å²) in [6.07, 6.45) is 0. The normalized spacial score (nSPS) is 15.4. The molecule has 1 aliphatic rings. The first-order valence-corrected chi connectivity index (χ1v) is 8.12. The second-order valence-corrected chi connectivity index (χ2v) is 5.86. The van der Waals surface area contributed by atoms with Crippen LogP contribution in [0, 0.1) is 0 Å². The average molecular weight is 323 g/mol. The summed E-state index contributed by atoms with van der Waals surface area (Å²) in [7, 11) is 0. The molecule has 1 fully saturated rings. The minimum Gasteiger partial charge on any atom is -0.336 e. The summed E-state index contributed by atoms with van der Waals surface area (Å²) >= 11 is 0. The molecule has 0 aliphatic carbocycles. The van der Waals surface area contributed by atoms with E-state index in [0.717, 1.165) is 11.1 Å². The SMILES string of the molecule is C[C@@H](NC(c1ccccc1)c1ccccc1)C(=O)N1CCNC1=O. The second-order valence-electron chi connectivity index (χ2n) is 5.86. The van der Waals surface area contributed by atoms with E-state index in [-0.39, 0.29) is 18.0 Å². The number of hydrogen-bond acceptors (Lipinski definition) is 3. The zero-order chi connectivity index (χ0) is 16.9. The third kappa shape index (κ3) is 3.46. The molecule has 2 aromatic carbocycles. The Morgan fingerprint density at radius 2 is 1.58 bits per heavy atom. The Bertz CT molecular complexity index is 664. The molecular formula is C19H21N3O2. The molecule has 2 aromatic rings. The number of nitrogens with zero attached hydrogens (tertiary/aromatic N) is 1. The quantitative estimate of drug-likeness (QED) is 0.887. The lowest BCUT2D eigenvalue weighted by Gasteiger charge is -2.25. The second kappa shape index (κ2) is 7.27. The Balaban J connectivity index is 1.82. The van der Waals surface area contributed by atoms with Crippen molar-refractivity contribution in [2.24, 2.45) is 0 Å². The van der Waals surface area contributed by atoms with Gasteiger partial charge in [0.05, 0.1) is 12.1 Å². The highest BCUT2D eigenvalue weighted by Crippen LogP contribution is 2.22. The van der Waals surface area contributed by atoms with Gasteiger partial charge in [0.25, 0.3) is 0 Å². The van der Waals surface area contributed by atoms with Crippen molar-refractivity contribution >= 4 is 11.9 Å². The number of amides is 3. The van der Waals surface area contributed by atoms with Gasteiger partial charge in [0, 0.05) is 13.1 Å². The molecule has 3 amide bonds. The van der Waals surface area contributed by atoms with Crippen LogP contribution in [0.25, 0.3) is 0 Å². The number of urea groups is 1. The van der Waals surface area contributed by atoms with Crippen molar-refractivity contribution in [2.75, 3.05) is 13.1 Å². The smallest absolute Gasteiger partial charge is 0.324 e. The molecule has 0 unspecified atom stereocenters. The molecule has 1 heterocycles. The van der Waals surface area contributed by atoms with E-state index in [1.165, 1.54) is 4.90 Å². The predicted molar refractivity (Wildman–Crippen MR) is 92.4 cm³/mol. The summed E-state index contributed by atoms with van der Waals surface area (Å²) in [5.41, 5.74) is 2.16. The number of nitrogens with one attached hydrogen (secondary N) is 2. The van der Waals surface area contributed by atoms with E-state index < -0.39 is 6.04 Å². The minimum atomic E-state index is -0.473. The number of carbonyl (C=O) groups excluding carboxylic acids is 2. The van der Waals surface area contributed by atoms with E-state index in [4.69, 9.17) is 0 Å². The summed E-state index contributed by atoms with van der Waals surface area (Å²) < 4.78 is 0. The molecule has 5 nitrogen and oxygen atoms in total. The molecule has 3 rings (SSSR count). The van der Waals surface area contributed by atoms with Gasteiger partial charge >= 0.3 is 6.03 Å². The van der Waals surface area contributed by atoms with Crippen LogP contribution in [-0.2, 0) is 4.79 Å². The predicted octanol–water partition coefficient (Wildman–Crippen LogP) is 2.31. The van der Waals surface area contributed by atoms with E-state index in [9.17, 15) is 9.59 Å². The highest BCUT2D eigenvalue weighted by molar-refractivity contribution is 5.98. The van der Waals surface area contributed by atoms with Crippen molar-refractivity contribution in [2.45, 2.75) is 19.0 Å². The molecule has 2 N–H and O–H groups in total. The summed E-state index contributed by atoms with van der Waals surface area (Å²) in [5.74, 6) is -0.207. The minimum absolute atomic E-state index is 0.114. The van der Waals surface area contributed by atoms with Gasteiger partial charge in [-0.2, -0.15) is 0 Å². The highest BCUT2D eigenvalue weighted by atomic mass is 16.2. The first kappa shape index (κ1) is 16.2. The lowest BCUT2D eigenvalue weighted by Crippen LogP contribution is -2.47. The van der Waals surface area contributed by atoms with E-state index in [1.54, 1.807) is 6.92 Å². The average Bonchev–Trinajstić information content (AvgIpc) is 3.06. The maximum atomic E-state index is 12.6. The van der Waals surface area contributed by atoms with Gasteiger partial charge in [-0.1, -0.05) is 60.7 Å². The van der Waals surface area contributed by atoms with Gasteiger partial charge in [0.2, 0.25) is 5.91 Å². The molecule has 0 radical (unpaired) electrons. The fourth-order valence-corrected chi connectivity index (χ4v) is 2.91. The van der Waals surface area contributed by atoms with E-state index in [1.807, 2.05) is 60.7 Å². The van der Waals surface area contributed by atoms with Gasteiger partial charge in [0.15, 0.2) is 0 Å². The van der Waals surface area contributed by atoms with Gasteiger partial charge in [0.1, 0.15) is 0 Å². The Labute approximate surface area is 141 Å². The van der Waals surface area contributed by atoms with E-state index >= 15 is 0 Å². The summed E-state index contributed by atoms with van der Waals surface area (Å²) in [6.45, 7) is 2.73. The largest absolute Gasteiger partial charge is 0.336 e. The van der Waals surface area contributed by atoms with Crippen molar-refractivity contribution in [3.8, 4) is 0 Å². The van der Waals surface area contributed by atoms with Crippen molar-refractivity contribution in [1.82, 2.24) is 15.5 Å². The lowest BCUT2D eigenvalue weighted by atomic mass is 9.98. The van der Waals surface area contributed by atoms with Crippen molar-refractivity contribution in [1.29, 1.82) is 0 Å². The topological polar surface area (TPSA) is 61.4 Å². The fourth-order valence-electron chi connectivity index (χ4n) is 2.91. The summed E-state index contributed by atoms with van der Waals surface area (Å²) in [4.78, 5) is 25.5. The number of hydrogen-bond donors (Lipinski definition) is 2. The van der Waals surface area contributed by atoms with Crippen molar-refractivity contribution in [3.63, 3.8) is 0 Å². The zero-order valence-electron chi connectivity index (χ0n) is 13.6. The van der Waals surface area contributed by atoms with Crippen LogP contribution < -0.4 is 10.6 Å².